The number of alkyl carbamates (subject to hydrolysis) is 2. The van der Waals surface area contributed by atoms with Crippen LogP contribution in [0.25, 0.3) is 33.6 Å². The molecule has 2 aliphatic heterocycles. The van der Waals surface area contributed by atoms with Gasteiger partial charge in [-0.2, -0.15) is 0 Å². The van der Waals surface area contributed by atoms with Crippen molar-refractivity contribution in [1.82, 2.24) is 40.4 Å². The van der Waals surface area contributed by atoms with Gasteiger partial charge in [-0.15, -0.1) is 0 Å². The second-order valence-corrected chi connectivity index (χ2v) is 18.2. The number of ether oxygens (including phenoxy) is 2. The van der Waals surface area contributed by atoms with Crippen LogP contribution in [0.3, 0.4) is 0 Å². The molecule has 2 aromatic heterocycles. The first-order chi connectivity index (χ1) is 29.3. The molecule has 2 saturated heterocycles. The van der Waals surface area contributed by atoms with Crippen molar-refractivity contribution in [2.75, 3.05) is 14.2 Å². The Balaban J connectivity index is 1.03. The average molecular weight is 833 g/mol. The fraction of sp³-hybridized carbons (Fsp3) is 0.532. The number of hydrogen-bond acceptors (Lipinski definition) is 8. The molecule has 4 N–H and O–H groups in total. The van der Waals surface area contributed by atoms with Gasteiger partial charge in [-0.25, -0.2) is 19.6 Å². The van der Waals surface area contributed by atoms with Gasteiger partial charge in [0.05, 0.1) is 50.1 Å². The number of hydrogen-bond donors (Lipinski definition) is 4. The Morgan fingerprint density at radius 2 is 1.07 bits per heavy atom. The minimum Gasteiger partial charge on any atom is -0.453 e. The number of imidazole rings is 2. The van der Waals surface area contributed by atoms with E-state index in [-0.39, 0.29) is 47.8 Å². The second kappa shape index (κ2) is 17.0. The van der Waals surface area contributed by atoms with Gasteiger partial charge in [-0.05, 0) is 110 Å². The molecule has 3 unspecified atom stereocenters. The van der Waals surface area contributed by atoms with E-state index >= 15 is 0 Å². The molecule has 8 rings (SSSR count). The number of H-pyrrole nitrogens is 2. The van der Waals surface area contributed by atoms with Crippen molar-refractivity contribution in [2.45, 2.75) is 135 Å². The van der Waals surface area contributed by atoms with Crippen LogP contribution >= 0.6 is 0 Å². The molecular formula is C47H60N8O6. The number of carbonyl (C=O) groups is 4. The lowest BCUT2D eigenvalue weighted by atomic mass is 9.82. The summed E-state index contributed by atoms with van der Waals surface area (Å²) in [5.41, 5.74) is 9.30. The molecule has 14 nitrogen and oxygen atoms in total. The lowest BCUT2D eigenvalue weighted by molar-refractivity contribution is -0.138. The third-order valence-electron chi connectivity index (χ3n) is 13.8. The zero-order chi connectivity index (χ0) is 43.3. The maximum absolute atomic E-state index is 14.0. The van der Waals surface area contributed by atoms with Gasteiger partial charge in [0, 0.05) is 17.6 Å². The zero-order valence-electron chi connectivity index (χ0n) is 36.6. The topological polar surface area (TPSA) is 175 Å². The predicted octanol–water partition coefficient (Wildman–Crippen LogP) is 8.36. The Bertz CT molecular complexity index is 2280. The van der Waals surface area contributed by atoms with Crippen LogP contribution in [0, 0.1) is 11.8 Å². The lowest BCUT2D eigenvalue weighted by Gasteiger charge is -2.33. The van der Waals surface area contributed by atoms with Crippen LogP contribution in [-0.4, -0.2) is 92.1 Å². The number of nitrogens with zero attached hydrogens (tertiary/aromatic N) is 4. The van der Waals surface area contributed by atoms with Crippen molar-refractivity contribution < 1.29 is 28.7 Å². The number of aromatic nitrogens is 4. The molecule has 324 valence electrons. The number of likely N-dealkylation sites (tertiary alicyclic amines) is 2. The molecule has 0 radical (unpaired) electrons. The van der Waals surface area contributed by atoms with Gasteiger partial charge in [0.25, 0.3) is 0 Å². The van der Waals surface area contributed by atoms with E-state index in [1.807, 2.05) is 56.8 Å². The van der Waals surface area contributed by atoms with Gasteiger partial charge in [-0.3, -0.25) is 9.59 Å². The summed E-state index contributed by atoms with van der Waals surface area (Å²) in [5, 5.41) is 5.49. The van der Waals surface area contributed by atoms with Gasteiger partial charge in [0.15, 0.2) is 0 Å². The summed E-state index contributed by atoms with van der Waals surface area (Å²) in [7, 11) is 2.61. The van der Waals surface area contributed by atoms with E-state index in [0.717, 1.165) is 66.3 Å². The monoisotopic (exact) mass is 832 g/mol. The molecule has 61 heavy (non-hydrogen) atoms. The smallest absolute Gasteiger partial charge is 0.407 e. The summed E-state index contributed by atoms with van der Waals surface area (Å²) in [5.74, 6) is 2.01. The number of fused-ring (bicyclic) bond motifs is 5. The van der Waals surface area contributed by atoms with Crippen LogP contribution in [0.2, 0.25) is 0 Å². The van der Waals surface area contributed by atoms with Gasteiger partial charge in [0.2, 0.25) is 11.8 Å². The van der Waals surface area contributed by atoms with Crippen LogP contribution in [0.1, 0.15) is 133 Å². The maximum atomic E-state index is 14.0. The quantitative estimate of drug-likeness (QED) is 0.117. The number of carbonyl (C=O) groups excluding carboxylic acids is 4. The number of amides is 4. The van der Waals surface area contributed by atoms with Gasteiger partial charge >= 0.3 is 12.2 Å². The Hall–Kier alpha value is -5.66. The van der Waals surface area contributed by atoms with Gasteiger partial charge < -0.3 is 39.9 Å². The minimum atomic E-state index is -0.703. The van der Waals surface area contributed by atoms with E-state index in [2.05, 4.69) is 63.9 Å². The first-order valence-electron chi connectivity index (χ1n) is 22.0. The molecular weight excluding hydrogens is 773 g/mol. The van der Waals surface area contributed by atoms with Crippen LogP contribution in [0.15, 0.2) is 48.8 Å². The standard InChI is InChI=1S/C47H60N8O6/c1-24(2)40(52-46(58)60-7)44(56)54-26(5)9-19-36(54)42-48-22-34(50-42)29-13-11-28(12-14-29)32-17-18-33(39-31-16-15-30(21-31)38(32)39)35-23-49-43(51-35)37-20-10-27(6)55(37)45(57)41(25(3)4)53-47(59)61-8/h11-14,17-18,22-27,30-31,36-37,40-41H,9-10,15-16,19-21H2,1-8H3,(H,48,50)(H,49,51)(H,52,58)(H,53,59)/t26-,27-,30?,31?,36?,37-,40-,41-/m0/s1. The second-order valence-electron chi connectivity index (χ2n) is 18.2. The molecule has 2 bridgehead atoms. The van der Waals surface area contributed by atoms with Gasteiger partial charge in [-0.1, -0.05) is 64.1 Å². The molecule has 4 aromatic rings. The predicted molar refractivity (Wildman–Crippen MR) is 231 cm³/mol. The fourth-order valence-corrected chi connectivity index (χ4v) is 10.6. The Morgan fingerprint density at radius 3 is 1.56 bits per heavy atom. The normalized spacial score (nSPS) is 24.0. The molecule has 0 spiro atoms. The third kappa shape index (κ3) is 7.78. The van der Waals surface area contributed by atoms with Crippen molar-refractivity contribution in [3.63, 3.8) is 0 Å². The molecule has 4 heterocycles. The number of rotatable bonds is 11. The molecule has 4 amide bonds. The highest BCUT2D eigenvalue weighted by atomic mass is 16.5. The van der Waals surface area contributed by atoms with Crippen molar-refractivity contribution in [2.24, 2.45) is 11.8 Å². The van der Waals surface area contributed by atoms with E-state index in [4.69, 9.17) is 19.4 Å². The SMILES string of the molecule is COC(=O)N[C@H](C(=O)N1C(c2ncc(-c3ccc(-c4ccc(-c5cnc([C@@H]6CC[C@H](C)N6C(=O)[C@@H](NC(=O)OC)C(C)C)[nH]5)c5c4C4CCC5C4)cc3)[nH]2)CC[C@@H]1C)C(C)C. The largest absolute Gasteiger partial charge is 0.453 e. The molecule has 2 aliphatic carbocycles. The van der Waals surface area contributed by atoms with Crippen LogP contribution in [0.5, 0.6) is 0 Å². The zero-order valence-corrected chi connectivity index (χ0v) is 36.6. The van der Waals surface area contributed by atoms with Crippen LogP contribution < -0.4 is 10.6 Å². The van der Waals surface area contributed by atoms with E-state index in [1.54, 1.807) is 0 Å². The molecule has 3 fully saturated rings. The van der Waals surface area contributed by atoms with Crippen molar-refractivity contribution in [3.05, 3.63) is 71.6 Å². The summed E-state index contributed by atoms with van der Waals surface area (Å²) in [6, 6.07) is 11.3. The number of benzene rings is 2. The third-order valence-corrected chi connectivity index (χ3v) is 13.8. The first-order valence-corrected chi connectivity index (χ1v) is 22.0. The summed E-state index contributed by atoms with van der Waals surface area (Å²) in [6.45, 7) is 11.8. The van der Waals surface area contributed by atoms with E-state index in [0.29, 0.717) is 11.8 Å². The Labute approximate surface area is 358 Å². The number of nitrogens with one attached hydrogen (secondary N) is 4. The first kappa shape index (κ1) is 42.0. The van der Waals surface area contributed by atoms with E-state index in [9.17, 15) is 19.2 Å². The highest BCUT2D eigenvalue weighted by Crippen LogP contribution is 2.58. The molecule has 14 heteroatoms. The molecule has 8 atom stereocenters. The summed E-state index contributed by atoms with van der Waals surface area (Å²) < 4.78 is 9.65. The highest BCUT2D eigenvalue weighted by molar-refractivity contribution is 5.88. The molecule has 2 aromatic carbocycles. The highest BCUT2D eigenvalue weighted by Gasteiger charge is 2.44. The van der Waals surface area contributed by atoms with E-state index < -0.39 is 24.3 Å². The van der Waals surface area contributed by atoms with E-state index in [1.165, 1.54) is 49.3 Å². The van der Waals surface area contributed by atoms with Crippen molar-refractivity contribution in [3.8, 4) is 33.6 Å². The van der Waals surface area contributed by atoms with Crippen molar-refractivity contribution in [1.29, 1.82) is 0 Å². The summed E-state index contributed by atoms with van der Waals surface area (Å²) >= 11 is 0. The average Bonchev–Trinajstić information content (AvgIpc) is 4.12. The fourth-order valence-electron chi connectivity index (χ4n) is 10.6. The van der Waals surface area contributed by atoms with Crippen LogP contribution in [0.4, 0.5) is 9.59 Å². The van der Waals surface area contributed by atoms with Gasteiger partial charge in [0.1, 0.15) is 23.7 Å². The summed E-state index contributed by atoms with van der Waals surface area (Å²) in [4.78, 5) is 72.7. The number of methoxy groups -OCH3 is 2. The Morgan fingerprint density at radius 1 is 0.623 bits per heavy atom. The molecule has 1 saturated carbocycles. The maximum Gasteiger partial charge on any atom is 0.407 e. The number of aromatic amines is 2. The van der Waals surface area contributed by atoms with Crippen molar-refractivity contribution >= 4 is 24.0 Å². The summed E-state index contributed by atoms with van der Waals surface area (Å²) in [6.07, 6.45) is 9.28. The molecule has 4 aliphatic rings. The van der Waals surface area contributed by atoms with Crippen LogP contribution in [-0.2, 0) is 19.1 Å². The lowest BCUT2D eigenvalue weighted by Crippen LogP contribution is -2.52. The Kier molecular flexibility index (Phi) is 11.7. The minimum absolute atomic E-state index is 0.00252.